The molecule has 4 nitrogen and oxygen atoms in total. The number of rotatable bonds is 2. The van der Waals surface area contributed by atoms with Crippen LogP contribution in [0.4, 0.5) is 4.39 Å². The van der Waals surface area contributed by atoms with Crippen LogP contribution in [0.1, 0.15) is 17.0 Å². The molecule has 3 aromatic carbocycles. The molecule has 3 aromatic rings. The second-order valence-corrected chi connectivity index (χ2v) is 6.04. The number of ether oxygens (including phenoxy) is 2. The first kappa shape index (κ1) is 16.0. The van der Waals surface area contributed by atoms with Gasteiger partial charge in [-0.15, -0.1) is 0 Å². The molecular weight excluding hydrogens is 331 g/mol. The summed E-state index contributed by atoms with van der Waals surface area (Å²) in [6.07, 6.45) is 0. The highest BCUT2D eigenvalue weighted by Crippen LogP contribution is 2.46. The van der Waals surface area contributed by atoms with Gasteiger partial charge in [-0.1, -0.05) is 24.3 Å². The minimum atomic E-state index is -0.444. The van der Waals surface area contributed by atoms with E-state index in [9.17, 15) is 9.65 Å². The summed E-state index contributed by atoms with van der Waals surface area (Å²) in [5, 5.41) is 11.6. The van der Waals surface area contributed by atoms with Crippen molar-refractivity contribution in [1.82, 2.24) is 0 Å². The van der Waals surface area contributed by atoms with Crippen LogP contribution in [0.5, 0.6) is 11.5 Å². The lowest BCUT2D eigenvalue weighted by atomic mass is 9.81. The molecule has 128 valence electrons. The van der Waals surface area contributed by atoms with Crippen molar-refractivity contribution in [2.75, 3.05) is 7.11 Å². The van der Waals surface area contributed by atoms with E-state index in [1.54, 1.807) is 19.2 Å². The summed E-state index contributed by atoms with van der Waals surface area (Å²) in [7, 11) is 1.60. The van der Waals surface area contributed by atoms with Gasteiger partial charge in [0.2, 0.25) is 5.88 Å². The van der Waals surface area contributed by atoms with Crippen molar-refractivity contribution in [2.24, 2.45) is 5.73 Å². The Balaban J connectivity index is 2.05. The maximum absolute atomic E-state index is 13.4. The first-order chi connectivity index (χ1) is 12.6. The first-order valence-electron chi connectivity index (χ1n) is 8.06. The van der Waals surface area contributed by atoms with Crippen molar-refractivity contribution >= 4 is 10.8 Å². The molecule has 4 rings (SSSR count). The lowest BCUT2D eigenvalue weighted by Crippen LogP contribution is -2.21. The maximum atomic E-state index is 13.4. The monoisotopic (exact) mass is 346 g/mol. The molecule has 0 bridgehead atoms. The zero-order valence-corrected chi connectivity index (χ0v) is 14.0. The second kappa shape index (κ2) is 6.08. The van der Waals surface area contributed by atoms with Gasteiger partial charge in [-0.2, -0.15) is 5.26 Å². The van der Waals surface area contributed by atoms with Crippen molar-refractivity contribution in [3.8, 4) is 17.6 Å². The van der Waals surface area contributed by atoms with E-state index in [1.807, 2.05) is 30.3 Å². The van der Waals surface area contributed by atoms with Crippen molar-refractivity contribution in [2.45, 2.75) is 5.92 Å². The van der Waals surface area contributed by atoms with Crippen LogP contribution in [0.15, 0.2) is 66.1 Å². The van der Waals surface area contributed by atoms with Gasteiger partial charge >= 0.3 is 0 Å². The van der Waals surface area contributed by atoms with Crippen LogP contribution >= 0.6 is 0 Å². The molecule has 0 radical (unpaired) electrons. The summed E-state index contributed by atoms with van der Waals surface area (Å²) in [4.78, 5) is 0. The van der Waals surface area contributed by atoms with Crippen LogP contribution in [0.2, 0.25) is 0 Å². The van der Waals surface area contributed by atoms with E-state index in [0.29, 0.717) is 17.1 Å². The number of hydrogen-bond donors (Lipinski definition) is 1. The fraction of sp³-hybridized carbons (Fsp3) is 0.0952. The molecule has 0 aliphatic carbocycles. The number of nitrogens with zero attached hydrogens (tertiary/aromatic N) is 1. The molecule has 0 unspecified atom stereocenters. The number of hydrogen-bond acceptors (Lipinski definition) is 4. The molecule has 2 N–H and O–H groups in total. The molecule has 0 saturated carbocycles. The first-order valence-corrected chi connectivity index (χ1v) is 8.06. The summed E-state index contributed by atoms with van der Waals surface area (Å²) < 4.78 is 24.5. The minimum Gasteiger partial charge on any atom is -0.497 e. The number of halogens is 1. The van der Waals surface area contributed by atoms with E-state index in [2.05, 4.69) is 6.07 Å². The van der Waals surface area contributed by atoms with Gasteiger partial charge in [0.25, 0.3) is 0 Å². The molecule has 0 saturated heterocycles. The third kappa shape index (κ3) is 2.44. The molecule has 0 aromatic heterocycles. The lowest BCUT2D eigenvalue weighted by molar-refractivity contribution is 0.394. The van der Waals surface area contributed by atoms with Crippen molar-refractivity contribution in [3.63, 3.8) is 0 Å². The molecule has 1 atom stereocenters. The van der Waals surface area contributed by atoms with E-state index in [4.69, 9.17) is 15.2 Å². The van der Waals surface area contributed by atoms with Crippen molar-refractivity contribution in [1.29, 1.82) is 5.26 Å². The predicted octanol–water partition coefficient (Wildman–Crippen LogP) is 4.21. The summed E-state index contributed by atoms with van der Waals surface area (Å²) in [6, 6.07) is 17.7. The molecule has 0 amide bonds. The van der Waals surface area contributed by atoms with Crippen LogP contribution in [0, 0.1) is 17.1 Å². The Hall–Kier alpha value is -3.52. The highest BCUT2D eigenvalue weighted by atomic mass is 19.1. The fourth-order valence-corrected chi connectivity index (χ4v) is 3.38. The Labute approximate surface area is 149 Å². The van der Waals surface area contributed by atoms with E-state index < -0.39 is 5.92 Å². The van der Waals surface area contributed by atoms with Crippen LogP contribution in [0.3, 0.4) is 0 Å². The Morgan fingerprint density at radius 3 is 2.54 bits per heavy atom. The summed E-state index contributed by atoms with van der Waals surface area (Å²) in [5.74, 6) is 0.564. The quantitative estimate of drug-likeness (QED) is 0.755. The highest BCUT2D eigenvalue weighted by molar-refractivity contribution is 5.91. The molecule has 1 heterocycles. The SMILES string of the molecule is COc1ccc2ccc3c(c2c1)[C@H](c1ccc(F)cc1)C(C#N)=C(N)O3. The zero-order chi connectivity index (χ0) is 18.3. The molecule has 1 aliphatic rings. The second-order valence-electron chi connectivity index (χ2n) is 6.04. The van der Waals surface area contributed by atoms with Gasteiger partial charge < -0.3 is 15.2 Å². The molecule has 1 aliphatic heterocycles. The Bertz CT molecular complexity index is 1080. The van der Waals surface area contributed by atoms with Crippen molar-refractivity contribution < 1.29 is 13.9 Å². The number of benzene rings is 3. The number of methoxy groups -OCH3 is 1. The Morgan fingerprint density at radius 1 is 1.12 bits per heavy atom. The number of allylic oxidation sites excluding steroid dienone is 1. The normalized spacial score (nSPS) is 16.0. The lowest BCUT2D eigenvalue weighted by Gasteiger charge is -2.28. The van der Waals surface area contributed by atoms with Crippen LogP contribution in [0.25, 0.3) is 10.8 Å². The third-order valence-electron chi connectivity index (χ3n) is 4.62. The molecular formula is C21H15FN2O2. The van der Waals surface area contributed by atoms with Gasteiger partial charge in [0.05, 0.1) is 13.0 Å². The Morgan fingerprint density at radius 2 is 1.85 bits per heavy atom. The predicted molar refractivity (Wildman–Crippen MR) is 96.2 cm³/mol. The number of fused-ring (bicyclic) bond motifs is 3. The van der Waals surface area contributed by atoms with E-state index >= 15 is 0 Å². The van der Waals surface area contributed by atoms with Crippen LogP contribution in [-0.4, -0.2) is 7.11 Å². The standard InChI is InChI=1S/C21H15FN2O2/c1-25-15-8-4-12-5-9-18-20(16(12)10-15)19(17(11-23)21(24)26-18)13-2-6-14(22)7-3-13/h2-10,19H,24H2,1H3/t19-/m1/s1. The van der Waals surface area contributed by atoms with Crippen molar-refractivity contribution in [3.05, 3.63) is 83.0 Å². The van der Waals surface area contributed by atoms with Gasteiger partial charge in [-0.25, -0.2) is 4.39 Å². The molecule has 5 heteroatoms. The fourth-order valence-electron chi connectivity index (χ4n) is 3.38. The minimum absolute atomic E-state index is 0.0663. The third-order valence-corrected chi connectivity index (χ3v) is 4.62. The topological polar surface area (TPSA) is 68.3 Å². The average molecular weight is 346 g/mol. The largest absolute Gasteiger partial charge is 0.497 e. The van der Waals surface area contributed by atoms with E-state index in [-0.39, 0.29) is 11.7 Å². The number of nitrogens with two attached hydrogens (primary N) is 1. The average Bonchev–Trinajstić information content (AvgIpc) is 2.67. The summed E-state index contributed by atoms with van der Waals surface area (Å²) in [6.45, 7) is 0. The number of nitriles is 1. The molecule has 0 fully saturated rings. The highest BCUT2D eigenvalue weighted by Gasteiger charge is 2.32. The smallest absolute Gasteiger partial charge is 0.205 e. The summed E-state index contributed by atoms with van der Waals surface area (Å²) in [5.41, 5.74) is 7.89. The van der Waals surface area contributed by atoms with Crippen LogP contribution < -0.4 is 15.2 Å². The summed E-state index contributed by atoms with van der Waals surface area (Å²) >= 11 is 0. The maximum Gasteiger partial charge on any atom is 0.205 e. The van der Waals surface area contributed by atoms with E-state index in [0.717, 1.165) is 21.9 Å². The zero-order valence-electron chi connectivity index (χ0n) is 14.0. The van der Waals surface area contributed by atoms with Gasteiger partial charge in [0.15, 0.2) is 0 Å². The molecule has 26 heavy (non-hydrogen) atoms. The van der Waals surface area contributed by atoms with Gasteiger partial charge in [0, 0.05) is 5.56 Å². The Kier molecular flexibility index (Phi) is 3.74. The van der Waals surface area contributed by atoms with Gasteiger partial charge in [-0.3, -0.25) is 0 Å². The van der Waals surface area contributed by atoms with Crippen LogP contribution in [-0.2, 0) is 0 Å². The molecule has 0 spiro atoms. The van der Waals surface area contributed by atoms with Gasteiger partial charge in [0.1, 0.15) is 29.0 Å². The van der Waals surface area contributed by atoms with E-state index in [1.165, 1.54) is 12.1 Å². The van der Waals surface area contributed by atoms with Gasteiger partial charge in [-0.05, 0) is 46.7 Å².